The zero-order chi connectivity index (χ0) is 16.2. The van der Waals surface area contributed by atoms with Crippen molar-refractivity contribution in [3.8, 4) is 0 Å². The predicted molar refractivity (Wildman–Crippen MR) is 79.9 cm³/mol. The SMILES string of the molecule is CN(C)c1scc2c1C(=O)N([C@@]1(C)CCC(=O)NC1=O)C2=O. The van der Waals surface area contributed by atoms with E-state index in [0.29, 0.717) is 16.1 Å². The Morgan fingerprint density at radius 3 is 2.50 bits per heavy atom. The van der Waals surface area contributed by atoms with Gasteiger partial charge in [-0.15, -0.1) is 11.3 Å². The fraction of sp³-hybridized carbons (Fsp3) is 0.429. The summed E-state index contributed by atoms with van der Waals surface area (Å²) < 4.78 is 0. The molecule has 1 N–H and O–H groups in total. The van der Waals surface area contributed by atoms with Gasteiger partial charge in [-0.3, -0.25) is 29.4 Å². The number of carbonyl (C=O) groups excluding carboxylic acids is 4. The summed E-state index contributed by atoms with van der Waals surface area (Å²) in [5.74, 6) is -1.94. The third kappa shape index (κ3) is 1.80. The van der Waals surface area contributed by atoms with Crippen molar-refractivity contribution >= 4 is 40.0 Å². The van der Waals surface area contributed by atoms with Crippen molar-refractivity contribution in [1.29, 1.82) is 0 Å². The minimum atomic E-state index is -1.33. The number of thiophene rings is 1. The number of rotatable bonds is 2. The van der Waals surface area contributed by atoms with Crippen molar-refractivity contribution < 1.29 is 19.2 Å². The summed E-state index contributed by atoms with van der Waals surface area (Å²) in [6, 6.07) is 0. The molecule has 1 aromatic heterocycles. The maximum absolute atomic E-state index is 12.7. The van der Waals surface area contributed by atoms with E-state index in [2.05, 4.69) is 5.32 Å². The van der Waals surface area contributed by atoms with Gasteiger partial charge in [0, 0.05) is 25.9 Å². The highest BCUT2D eigenvalue weighted by Gasteiger charge is 2.53. The number of hydrogen-bond donors (Lipinski definition) is 1. The molecule has 0 bridgehead atoms. The number of nitrogens with one attached hydrogen (secondary N) is 1. The molecule has 3 rings (SSSR count). The van der Waals surface area contributed by atoms with Crippen LogP contribution in [0.15, 0.2) is 5.38 Å². The van der Waals surface area contributed by atoms with Crippen molar-refractivity contribution in [2.45, 2.75) is 25.3 Å². The number of piperidine rings is 1. The minimum absolute atomic E-state index is 0.104. The van der Waals surface area contributed by atoms with E-state index < -0.39 is 23.3 Å². The van der Waals surface area contributed by atoms with Crippen LogP contribution in [0.4, 0.5) is 5.00 Å². The summed E-state index contributed by atoms with van der Waals surface area (Å²) in [6.45, 7) is 1.52. The molecule has 0 aromatic carbocycles. The summed E-state index contributed by atoms with van der Waals surface area (Å²) in [6.07, 6.45) is 0.243. The molecule has 116 valence electrons. The molecule has 1 saturated heterocycles. The highest BCUT2D eigenvalue weighted by atomic mass is 32.1. The Labute approximate surface area is 130 Å². The molecule has 1 atom stereocenters. The van der Waals surface area contributed by atoms with E-state index in [1.54, 1.807) is 24.4 Å². The van der Waals surface area contributed by atoms with E-state index in [1.165, 1.54) is 18.3 Å². The van der Waals surface area contributed by atoms with Gasteiger partial charge in [-0.25, -0.2) is 0 Å². The van der Waals surface area contributed by atoms with Gasteiger partial charge in [0.05, 0.1) is 11.1 Å². The zero-order valence-corrected chi connectivity index (χ0v) is 13.2. The minimum Gasteiger partial charge on any atom is -0.369 e. The summed E-state index contributed by atoms with van der Waals surface area (Å²) in [4.78, 5) is 51.7. The van der Waals surface area contributed by atoms with Crippen LogP contribution >= 0.6 is 11.3 Å². The van der Waals surface area contributed by atoms with Crippen molar-refractivity contribution in [3.63, 3.8) is 0 Å². The van der Waals surface area contributed by atoms with E-state index in [-0.39, 0.29) is 18.7 Å². The normalized spacial score (nSPS) is 24.6. The predicted octanol–water partition coefficient (Wildman–Crippen LogP) is 0.605. The fourth-order valence-electron chi connectivity index (χ4n) is 2.82. The lowest BCUT2D eigenvalue weighted by Crippen LogP contribution is -2.62. The van der Waals surface area contributed by atoms with E-state index in [1.807, 2.05) is 0 Å². The quantitative estimate of drug-likeness (QED) is 0.806. The number of nitrogens with zero attached hydrogens (tertiary/aromatic N) is 2. The van der Waals surface area contributed by atoms with Crippen molar-refractivity contribution in [1.82, 2.24) is 10.2 Å². The average molecular weight is 321 g/mol. The molecule has 7 nitrogen and oxygen atoms in total. The van der Waals surface area contributed by atoms with E-state index in [4.69, 9.17) is 0 Å². The van der Waals surface area contributed by atoms with Gasteiger partial charge in [-0.2, -0.15) is 0 Å². The lowest BCUT2D eigenvalue weighted by Gasteiger charge is -2.38. The highest BCUT2D eigenvalue weighted by Crippen LogP contribution is 2.41. The van der Waals surface area contributed by atoms with Crippen LogP contribution in [-0.4, -0.2) is 48.2 Å². The largest absolute Gasteiger partial charge is 0.369 e. The second-order valence-corrected chi connectivity index (χ2v) is 6.68. The Bertz CT molecular complexity index is 724. The maximum Gasteiger partial charge on any atom is 0.265 e. The van der Waals surface area contributed by atoms with Crippen LogP contribution in [0.25, 0.3) is 0 Å². The summed E-state index contributed by atoms with van der Waals surface area (Å²) in [7, 11) is 3.58. The average Bonchev–Trinajstić information content (AvgIpc) is 2.97. The summed E-state index contributed by atoms with van der Waals surface area (Å²) in [5, 5.41) is 4.54. The molecule has 1 fully saturated rings. The Hall–Kier alpha value is -2.22. The third-order valence-electron chi connectivity index (χ3n) is 4.10. The molecule has 0 aliphatic carbocycles. The number of fused-ring (bicyclic) bond motifs is 1. The number of amides is 4. The third-order valence-corrected chi connectivity index (χ3v) is 5.25. The van der Waals surface area contributed by atoms with Gasteiger partial charge in [-0.05, 0) is 13.3 Å². The first-order valence-electron chi connectivity index (χ1n) is 6.79. The van der Waals surface area contributed by atoms with Gasteiger partial charge >= 0.3 is 0 Å². The van der Waals surface area contributed by atoms with E-state index in [0.717, 1.165) is 4.90 Å². The second kappa shape index (κ2) is 4.64. The monoisotopic (exact) mass is 321 g/mol. The van der Waals surface area contributed by atoms with Gasteiger partial charge in [-0.1, -0.05) is 0 Å². The van der Waals surface area contributed by atoms with Crippen molar-refractivity contribution in [2.24, 2.45) is 0 Å². The Kier molecular flexibility index (Phi) is 3.10. The lowest BCUT2D eigenvalue weighted by molar-refractivity contribution is -0.140. The molecule has 3 heterocycles. The lowest BCUT2D eigenvalue weighted by atomic mass is 9.89. The molecule has 4 amide bonds. The van der Waals surface area contributed by atoms with Crippen LogP contribution in [0.2, 0.25) is 0 Å². The van der Waals surface area contributed by atoms with Crippen molar-refractivity contribution in [3.05, 3.63) is 16.5 Å². The van der Waals surface area contributed by atoms with E-state index in [9.17, 15) is 19.2 Å². The number of anilines is 1. The Morgan fingerprint density at radius 2 is 1.91 bits per heavy atom. The van der Waals surface area contributed by atoms with Crippen molar-refractivity contribution in [2.75, 3.05) is 19.0 Å². The number of hydrogen-bond acceptors (Lipinski definition) is 6. The Balaban J connectivity index is 2.04. The molecular weight excluding hydrogens is 306 g/mol. The first-order valence-corrected chi connectivity index (χ1v) is 7.67. The highest BCUT2D eigenvalue weighted by molar-refractivity contribution is 7.15. The molecule has 2 aliphatic rings. The first kappa shape index (κ1) is 14.7. The number of imide groups is 2. The molecule has 0 unspecified atom stereocenters. The fourth-order valence-corrected chi connectivity index (χ4v) is 3.80. The van der Waals surface area contributed by atoms with Crippen LogP contribution in [0.5, 0.6) is 0 Å². The summed E-state index contributed by atoms with van der Waals surface area (Å²) >= 11 is 1.32. The molecule has 2 aliphatic heterocycles. The van der Waals surface area contributed by atoms with Crippen LogP contribution < -0.4 is 10.2 Å². The topological polar surface area (TPSA) is 86.8 Å². The van der Waals surface area contributed by atoms with Crippen LogP contribution in [0.1, 0.15) is 40.5 Å². The van der Waals surface area contributed by atoms with Crippen LogP contribution in [-0.2, 0) is 9.59 Å². The van der Waals surface area contributed by atoms with E-state index >= 15 is 0 Å². The maximum atomic E-state index is 12.7. The van der Waals surface area contributed by atoms with Crippen LogP contribution in [0.3, 0.4) is 0 Å². The zero-order valence-electron chi connectivity index (χ0n) is 12.4. The molecular formula is C14H15N3O4S. The number of carbonyl (C=O) groups is 4. The molecule has 0 radical (unpaired) electrons. The second-order valence-electron chi connectivity index (χ2n) is 5.82. The van der Waals surface area contributed by atoms with Gasteiger partial charge < -0.3 is 4.90 Å². The van der Waals surface area contributed by atoms with Gasteiger partial charge in [0.25, 0.3) is 17.7 Å². The molecule has 0 saturated carbocycles. The van der Waals surface area contributed by atoms with Crippen LogP contribution in [0, 0.1) is 0 Å². The molecule has 1 aromatic rings. The first-order chi connectivity index (χ1) is 10.3. The standard InChI is InChI=1S/C14H15N3O4S/c1-14(5-4-8(18)15-13(14)21)17-10(19)7-6-22-12(16(2)3)9(7)11(17)20/h6H,4-5H2,1-3H3,(H,15,18,21)/t14-/m0/s1. The molecule has 8 heteroatoms. The van der Waals surface area contributed by atoms with Gasteiger partial charge in [0.2, 0.25) is 5.91 Å². The summed E-state index contributed by atoms with van der Waals surface area (Å²) in [5.41, 5.74) is -0.668. The molecule has 0 spiro atoms. The smallest absolute Gasteiger partial charge is 0.265 e. The molecule has 22 heavy (non-hydrogen) atoms. The van der Waals surface area contributed by atoms with Gasteiger partial charge in [0.1, 0.15) is 10.5 Å². The Morgan fingerprint density at radius 1 is 1.23 bits per heavy atom. The van der Waals surface area contributed by atoms with Gasteiger partial charge in [0.15, 0.2) is 0 Å².